The molecule has 0 aliphatic heterocycles. The molecular formula is C35H46N6O2. The van der Waals surface area contributed by atoms with Crippen LogP contribution in [0.3, 0.4) is 0 Å². The molecule has 6 atom stereocenters. The molecule has 2 aliphatic rings. The Morgan fingerprint density at radius 1 is 1.14 bits per heavy atom. The van der Waals surface area contributed by atoms with Crippen LogP contribution in [0.4, 0.5) is 5.82 Å². The normalized spacial score (nSPS) is 22.5. The summed E-state index contributed by atoms with van der Waals surface area (Å²) in [6.45, 7) is 2.32. The molecule has 0 saturated heterocycles. The number of nitrogens with two attached hydrogens (primary N) is 3. The van der Waals surface area contributed by atoms with Crippen LogP contribution in [0, 0.1) is 17.8 Å². The second-order valence-electron chi connectivity index (χ2n) is 12.3. The van der Waals surface area contributed by atoms with E-state index in [0.29, 0.717) is 29.2 Å². The number of rotatable bonds is 14. The van der Waals surface area contributed by atoms with Gasteiger partial charge < -0.3 is 32.6 Å². The molecule has 5 rings (SSSR count). The molecule has 0 radical (unpaired) electrons. The third kappa shape index (κ3) is 7.49. The molecule has 0 fully saturated rings. The molecule has 1 heterocycles. The first-order chi connectivity index (χ1) is 20.8. The molecule has 8 nitrogen and oxygen atoms in total. The maximum atomic E-state index is 12.0. The zero-order chi connectivity index (χ0) is 30.3. The number of nitrogens with one attached hydrogen (secondary N) is 2. The van der Waals surface area contributed by atoms with Crippen LogP contribution in [0.25, 0.3) is 10.8 Å². The number of anilines is 1. The lowest BCUT2D eigenvalue weighted by Gasteiger charge is -2.47. The van der Waals surface area contributed by atoms with Gasteiger partial charge in [-0.15, -0.1) is 0 Å². The first-order valence-corrected chi connectivity index (χ1v) is 15.7. The summed E-state index contributed by atoms with van der Waals surface area (Å²) in [5.74, 6) is 1.03. The van der Waals surface area contributed by atoms with E-state index < -0.39 is 5.97 Å². The Kier molecular flexibility index (Phi) is 9.87. The third-order valence-corrected chi connectivity index (χ3v) is 9.34. The molecule has 0 saturated carbocycles. The number of aliphatic carboxylic acids is 1. The summed E-state index contributed by atoms with van der Waals surface area (Å²) in [4.78, 5) is 19.4. The number of benzene rings is 2. The van der Waals surface area contributed by atoms with Gasteiger partial charge in [-0.05, 0) is 95.4 Å². The maximum absolute atomic E-state index is 12.0. The summed E-state index contributed by atoms with van der Waals surface area (Å²) in [5, 5.41) is 15.9. The van der Waals surface area contributed by atoms with E-state index in [2.05, 4.69) is 70.8 Å². The zero-order valence-electron chi connectivity index (χ0n) is 25.1. The van der Waals surface area contributed by atoms with Crippen molar-refractivity contribution in [2.24, 2.45) is 39.9 Å². The van der Waals surface area contributed by atoms with Crippen LogP contribution in [-0.4, -0.2) is 40.6 Å². The Morgan fingerprint density at radius 2 is 1.93 bits per heavy atom. The van der Waals surface area contributed by atoms with Gasteiger partial charge in [0.25, 0.3) is 0 Å². The predicted molar refractivity (Wildman–Crippen MR) is 176 cm³/mol. The Labute approximate surface area is 254 Å². The molecule has 2 bridgehead atoms. The number of carbonyl (C=O) groups is 1. The molecule has 2 aliphatic carbocycles. The van der Waals surface area contributed by atoms with Gasteiger partial charge in [-0.1, -0.05) is 68.3 Å². The highest BCUT2D eigenvalue weighted by atomic mass is 16.4. The monoisotopic (exact) mass is 582 g/mol. The van der Waals surface area contributed by atoms with Crippen molar-refractivity contribution in [3.63, 3.8) is 0 Å². The molecule has 6 unspecified atom stereocenters. The van der Waals surface area contributed by atoms with Crippen molar-refractivity contribution in [3.8, 4) is 0 Å². The lowest BCUT2D eigenvalue weighted by molar-refractivity contribution is -0.131. The topological polar surface area (TPSA) is 156 Å². The summed E-state index contributed by atoms with van der Waals surface area (Å²) in [7, 11) is 0. The lowest BCUT2D eigenvalue weighted by atomic mass is 9.58. The number of nitrogens with zero attached hydrogens (tertiary/aromatic N) is 1. The number of fused-ring (bicyclic) bond motifs is 5. The highest BCUT2D eigenvalue weighted by Gasteiger charge is 2.43. The number of H-pyrrole nitrogens is 1. The molecule has 9 N–H and O–H groups in total. The number of aromatic nitrogens is 1. The van der Waals surface area contributed by atoms with E-state index in [9.17, 15) is 9.90 Å². The molecule has 228 valence electrons. The van der Waals surface area contributed by atoms with Gasteiger partial charge in [-0.3, -0.25) is 0 Å². The van der Waals surface area contributed by atoms with E-state index in [1.807, 2.05) is 18.3 Å². The lowest BCUT2D eigenvalue weighted by Crippen LogP contribution is -2.40. The van der Waals surface area contributed by atoms with Crippen molar-refractivity contribution >= 4 is 28.5 Å². The number of guanidine groups is 1. The van der Waals surface area contributed by atoms with Crippen molar-refractivity contribution in [1.29, 1.82) is 0 Å². The van der Waals surface area contributed by atoms with Gasteiger partial charge in [0.05, 0.1) is 12.6 Å². The number of allylic oxidation sites excluding steroid dienone is 2. The van der Waals surface area contributed by atoms with Gasteiger partial charge in [-0.25, -0.2) is 9.79 Å². The van der Waals surface area contributed by atoms with E-state index in [-0.39, 0.29) is 24.6 Å². The smallest absolute Gasteiger partial charge is 0.328 e. The van der Waals surface area contributed by atoms with Crippen LogP contribution in [0.5, 0.6) is 0 Å². The number of aliphatic imine (C=N–C) groups is 1. The van der Waals surface area contributed by atoms with E-state index >= 15 is 0 Å². The fourth-order valence-corrected chi connectivity index (χ4v) is 7.25. The summed E-state index contributed by atoms with van der Waals surface area (Å²) in [6.07, 6.45) is 15.1. The number of carboxylic acid groups (broad SMARTS) is 1. The first kappa shape index (κ1) is 30.4. The van der Waals surface area contributed by atoms with Crippen molar-refractivity contribution in [2.75, 3.05) is 11.9 Å². The van der Waals surface area contributed by atoms with Gasteiger partial charge in [-0.2, -0.15) is 0 Å². The minimum atomic E-state index is -1.02. The van der Waals surface area contributed by atoms with Crippen molar-refractivity contribution in [3.05, 3.63) is 89.7 Å². The summed E-state index contributed by atoms with van der Waals surface area (Å²) in [5.41, 5.74) is 21.4. The maximum Gasteiger partial charge on any atom is 0.328 e. The van der Waals surface area contributed by atoms with Gasteiger partial charge >= 0.3 is 5.97 Å². The number of carboxylic acids is 1. The van der Waals surface area contributed by atoms with Gasteiger partial charge in [0, 0.05) is 18.3 Å². The molecule has 0 amide bonds. The standard InChI is InChI=1S/C35H46N6O2/c1-2-3-9-28(36)14-13-22-11-12-25-17-26-16-23-7-4-5-8-24(23)18-29(26)34(22)30(25)20-31(41-32-10-6-15-39-32)27(19-33(42)43)21-40-35(37)38/h4-8,10-12,15-16,18-19,22,25,28,30-31,34,39,41H,2-3,9,13-14,17,20-21,36H2,1H3,(H,42,43)(H4,37,38,40). The summed E-state index contributed by atoms with van der Waals surface area (Å²) in [6, 6.07) is 17.2. The Morgan fingerprint density at radius 3 is 2.63 bits per heavy atom. The minimum absolute atomic E-state index is 0.0623. The van der Waals surface area contributed by atoms with Gasteiger partial charge in [0.15, 0.2) is 5.96 Å². The Hall–Kier alpha value is -4.04. The molecule has 1 aromatic heterocycles. The summed E-state index contributed by atoms with van der Waals surface area (Å²) < 4.78 is 0. The fraction of sp³-hybridized carbons (Fsp3) is 0.429. The largest absolute Gasteiger partial charge is 0.478 e. The van der Waals surface area contributed by atoms with Crippen LogP contribution in [0.2, 0.25) is 0 Å². The van der Waals surface area contributed by atoms with E-state index in [4.69, 9.17) is 17.2 Å². The number of hydrogen-bond donors (Lipinski definition) is 6. The van der Waals surface area contributed by atoms with Gasteiger partial charge in [0.1, 0.15) is 5.82 Å². The highest BCUT2D eigenvalue weighted by Crippen LogP contribution is 2.52. The number of hydrogen-bond acceptors (Lipinski definition) is 4. The molecular weight excluding hydrogens is 536 g/mol. The highest BCUT2D eigenvalue weighted by molar-refractivity contribution is 5.84. The van der Waals surface area contributed by atoms with Gasteiger partial charge in [0.2, 0.25) is 0 Å². The number of aromatic amines is 1. The van der Waals surface area contributed by atoms with Crippen LogP contribution in [0.15, 0.2) is 83.5 Å². The molecule has 43 heavy (non-hydrogen) atoms. The van der Waals surface area contributed by atoms with E-state index in [1.165, 1.54) is 28.0 Å². The average Bonchev–Trinajstić information content (AvgIpc) is 3.49. The second kappa shape index (κ2) is 14.0. The van der Waals surface area contributed by atoms with Crippen LogP contribution >= 0.6 is 0 Å². The fourth-order valence-electron chi connectivity index (χ4n) is 7.25. The Balaban J connectivity index is 1.53. The van der Waals surface area contributed by atoms with Crippen molar-refractivity contribution in [2.45, 2.75) is 69.9 Å². The predicted octanol–water partition coefficient (Wildman–Crippen LogP) is 5.68. The molecule has 2 aromatic carbocycles. The minimum Gasteiger partial charge on any atom is -0.478 e. The third-order valence-electron chi connectivity index (χ3n) is 9.34. The summed E-state index contributed by atoms with van der Waals surface area (Å²) >= 11 is 0. The van der Waals surface area contributed by atoms with Crippen molar-refractivity contribution in [1.82, 2.24) is 4.98 Å². The van der Waals surface area contributed by atoms with Crippen LogP contribution in [0.1, 0.15) is 62.5 Å². The van der Waals surface area contributed by atoms with Crippen LogP contribution in [-0.2, 0) is 11.2 Å². The van der Waals surface area contributed by atoms with E-state index in [1.54, 1.807) is 0 Å². The molecule has 3 aromatic rings. The molecule has 0 spiro atoms. The zero-order valence-corrected chi connectivity index (χ0v) is 25.1. The number of unbranched alkanes of at least 4 members (excludes halogenated alkanes) is 1. The average molecular weight is 583 g/mol. The quantitative estimate of drug-likeness (QED) is 0.0622. The Bertz CT molecular complexity index is 1470. The molecule has 8 heteroatoms. The van der Waals surface area contributed by atoms with E-state index in [0.717, 1.165) is 50.8 Å². The second-order valence-corrected chi connectivity index (χ2v) is 12.3. The first-order valence-electron chi connectivity index (χ1n) is 15.7. The van der Waals surface area contributed by atoms with Crippen LogP contribution < -0.4 is 22.5 Å². The SMILES string of the molecule is CCCCC(N)CCC1C=CC2Cc3cc4ccccc4cc3C1C2CC(Nc1ccc[nH]1)C(=CC(=O)O)CN=C(N)N. The van der Waals surface area contributed by atoms with Crippen molar-refractivity contribution < 1.29 is 9.90 Å².